The number of alkyl halides is 2. The van der Waals surface area contributed by atoms with Gasteiger partial charge < -0.3 is 0 Å². The third-order valence-electron chi connectivity index (χ3n) is 2.39. The van der Waals surface area contributed by atoms with Gasteiger partial charge in [-0.1, -0.05) is 38.1 Å². The van der Waals surface area contributed by atoms with Crippen molar-refractivity contribution in [2.75, 3.05) is 0 Å². The van der Waals surface area contributed by atoms with Gasteiger partial charge in [0.15, 0.2) is 0 Å². The predicted molar refractivity (Wildman–Crippen MR) is 64.2 cm³/mol. The van der Waals surface area contributed by atoms with E-state index in [0.29, 0.717) is 0 Å². The number of hydrogen-bond acceptors (Lipinski definition) is 0. The van der Waals surface area contributed by atoms with Crippen LogP contribution in [0.3, 0.4) is 0 Å². The second-order valence-corrected chi connectivity index (χ2v) is 4.43. The summed E-state index contributed by atoms with van der Waals surface area (Å²) in [4.78, 5) is 0. The smallest absolute Gasteiger partial charge is 0.0585 e. The van der Waals surface area contributed by atoms with E-state index in [1.54, 1.807) is 0 Å². The Morgan fingerprint density at radius 1 is 0.929 bits per heavy atom. The Balaban J connectivity index is 3.02. The van der Waals surface area contributed by atoms with Crippen molar-refractivity contribution in [3.8, 4) is 0 Å². The van der Waals surface area contributed by atoms with Gasteiger partial charge in [-0.2, -0.15) is 0 Å². The molecule has 0 saturated carbocycles. The maximum atomic E-state index is 6.24. The van der Waals surface area contributed by atoms with E-state index in [1.165, 1.54) is 11.1 Å². The summed E-state index contributed by atoms with van der Waals surface area (Å²) in [6, 6.07) is 8.18. The molecule has 0 bridgehead atoms. The van der Waals surface area contributed by atoms with E-state index in [1.807, 2.05) is 12.1 Å². The summed E-state index contributed by atoms with van der Waals surface area (Å²) in [5.41, 5.74) is 2.36. The number of hydrogen-bond donors (Lipinski definition) is 0. The van der Waals surface area contributed by atoms with Gasteiger partial charge in [0.1, 0.15) is 0 Å². The molecule has 2 atom stereocenters. The van der Waals surface area contributed by atoms with Crippen LogP contribution in [0, 0.1) is 0 Å². The monoisotopic (exact) mass is 230 g/mol. The molecule has 1 rings (SSSR count). The second kappa shape index (κ2) is 5.63. The van der Waals surface area contributed by atoms with Crippen molar-refractivity contribution >= 4 is 23.2 Å². The van der Waals surface area contributed by atoms with Crippen LogP contribution in [0.25, 0.3) is 0 Å². The van der Waals surface area contributed by atoms with Gasteiger partial charge in [-0.05, 0) is 24.0 Å². The maximum Gasteiger partial charge on any atom is 0.0585 e. The molecule has 0 aliphatic heterocycles. The lowest BCUT2D eigenvalue weighted by Gasteiger charge is -2.16. The van der Waals surface area contributed by atoms with E-state index < -0.39 is 0 Å². The third kappa shape index (κ3) is 2.65. The molecule has 14 heavy (non-hydrogen) atoms. The molecule has 0 saturated heterocycles. The van der Waals surface area contributed by atoms with E-state index in [2.05, 4.69) is 26.0 Å². The van der Waals surface area contributed by atoms with Crippen LogP contribution in [0.4, 0.5) is 0 Å². The zero-order valence-corrected chi connectivity index (χ0v) is 10.1. The van der Waals surface area contributed by atoms with Crippen molar-refractivity contribution in [2.45, 2.75) is 37.4 Å². The molecule has 1 aromatic carbocycles. The Kier molecular flexibility index (Phi) is 4.77. The highest BCUT2D eigenvalue weighted by atomic mass is 35.5. The number of rotatable bonds is 4. The fraction of sp³-hybridized carbons (Fsp3) is 0.500. The van der Waals surface area contributed by atoms with Gasteiger partial charge in [0.2, 0.25) is 0 Å². The van der Waals surface area contributed by atoms with E-state index in [4.69, 9.17) is 23.2 Å². The summed E-state index contributed by atoms with van der Waals surface area (Å²) in [5, 5.41) is 0.165. The van der Waals surface area contributed by atoms with E-state index in [9.17, 15) is 0 Å². The Hall–Kier alpha value is -0.200. The molecule has 0 amide bonds. The van der Waals surface area contributed by atoms with Gasteiger partial charge in [0, 0.05) is 0 Å². The first-order valence-electron chi connectivity index (χ1n) is 5.07. The molecule has 0 nitrogen and oxygen atoms in total. The van der Waals surface area contributed by atoms with Crippen LogP contribution >= 0.6 is 23.2 Å². The molecule has 0 spiro atoms. The lowest BCUT2D eigenvalue weighted by molar-refractivity contribution is 0.823. The SMILES string of the molecule is CCC(Cl)c1ccccc1C(Cl)CC. The van der Waals surface area contributed by atoms with Gasteiger partial charge in [0.25, 0.3) is 0 Å². The van der Waals surface area contributed by atoms with Gasteiger partial charge >= 0.3 is 0 Å². The van der Waals surface area contributed by atoms with Crippen LogP contribution in [-0.2, 0) is 0 Å². The Morgan fingerprint density at radius 3 is 1.57 bits per heavy atom. The summed E-state index contributed by atoms with van der Waals surface area (Å²) >= 11 is 12.5. The van der Waals surface area contributed by atoms with Crippen LogP contribution in [0.5, 0.6) is 0 Å². The molecule has 0 aliphatic carbocycles. The first-order chi connectivity index (χ1) is 6.70. The van der Waals surface area contributed by atoms with Gasteiger partial charge in [-0.15, -0.1) is 23.2 Å². The summed E-state index contributed by atoms with van der Waals surface area (Å²) in [5.74, 6) is 0. The van der Waals surface area contributed by atoms with Crippen molar-refractivity contribution in [1.82, 2.24) is 0 Å². The minimum absolute atomic E-state index is 0.0824. The molecule has 2 unspecified atom stereocenters. The highest BCUT2D eigenvalue weighted by Crippen LogP contribution is 2.34. The molecule has 78 valence electrons. The van der Waals surface area contributed by atoms with Crippen molar-refractivity contribution in [3.05, 3.63) is 35.4 Å². The molecular formula is C12H16Cl2. The minimum Gasteiger partial charge on any atom is -0.118 e. The summed E-state index contributed by atoms with van der Waals surface area (Å²) in [7, 11) is 0. The Bertz CT molecular complexity index is 254. The van der Waals surface area contributed by atoms with E-state index in [0.717, 1.165) is 12.8 Å². The average molecular weight is 231 g/mol. The molecule has 0 radical (unpaired) electrons. The fourth-order valence-corrected chi connectivity index (χ4v) is 1.92. The Morgan fingerprint density at radius 2 is 1.29 bits per heavy atom. The zero-order valence-electron chi connectivity index (χ0n) is 8.63. The topological polar surface area (TPSA) is 0 Å². The van der Waals surface area contributed by atoms with Gasteiger partial charge in [-0.25, -0.2) is 0 Å². The summed E-state index contributed by atoms with van der Waals surface area (Å²) < 4.78 is 0. The normalized spacial score (nSPS) is 15.1. The molecule has 0 aliphatic rings. The van der Waals surface area contributed by atoms with Gasteiger partial charge in [0.05, 0.1) is 10.8 Å². The summed E-state index contributed by atoms with van der Waals surface area (Å²) in [6.07, 6.45) is 1.87. The molecule has 0 fully saturated rings. The van der Waals surface area contributed by atoms with Crippen LogP contribution in [-0.4, -0.2) is 0 Å². The molecular weight excluding hydrogens is 215 g/mol. The lowest BCUT2D eigenvalue weighted by Crippen LogP contribution is -1.98. The molecule has 1 aromatic rings. The van der Waals surface area contributed by atoms with E-state index >= 15 is 0 Å². The highest BCUT2D eigenvalue weighted by molar-refractivity contribution is 6.22. The average Bonchev–Trinajstić information content (AvgIpc) is 2.27. The maximum absolute atomic E-state index is 6.24. The standard InChI is InChI=1S/C12H16Cl2/c1-3-11(13)9-7-5-6-8-10(9)12(14)4-2/h5-8,11-12H,3-4H2,1-2H3. The van der Waals surface area contributed by atoms with Crippen LogP contribution in [0.2, 0.25) is 0 Å². The van der Waals surface area contributed by atoms with Crippen LogP contribution < -0.4 is 0 Å². The van der Waals surface area contributed by atoms with E-state index in [-0.39, 0.29) is 10.8 Å². The van der Waals surface area contributed by atoms with Crippen molar-refractivity contribution in [1.29, 1.82) is 0 Å². The van der Waals surface area contributed by atoms with Crippen LogP contribution in [0.1, 0.15) is 48.6 Å². The minimum atomic E-state index is 0.0824. The molecule has 0 N–H and O–H groups in total. The molecule has 2 heteroatoms. The predicted octanol–water partition coefficient (Wildman–Crippen LogP) is 5.07. The molecule has 0 aromatic heterocycles. The van der Waals surface area contributed by atoms with Crippen molar-refractivity contribution in [2.24, 2.45) is 0 Å². The first kappa shape index (κ1) is 11.9. The van der Waals surface area contributed by atoms with Crippen molar-refractivity contribution < 1.29 is 0 Å². The van der Waals surface area contributed by atoms with Crippen molar-refractivity contribution in [3.63, 3.8) is 0 Å². The zero-order chi connectivity index (χ0) is 10.6. The fourth-order valence-electron chi connectivity index (χ4n) is 1.52. The third-order valence-corrected chi connectivity index (χ3v) is 3.48. The lowest BCUT2D eigenvalue weighted by atomic mass is 9.99. The largest absolute Gasteiger partial charge is 0.118 e. The second-order valence-electron chi connectivity index (χ2n) is 3.38. The first-order valence-corrected chi connectivity index (χ1v) is 5.94. The Labute approximate surface area is 96.2 Å². The summed E-state index contributed by atoms with van der Waals surface area (Å²) in [6.45, 7) is 4.17. The van der Waals surface area contributed by atoms with Crippen LogP contribution in [0.15, 0.2) is 24.3 Å². The number of halogens is 2. The molecule has 0 heterocycles. The highest BCUT2D eigenvalue weighted by Gasteiger charge is 2.14. The number of benzene rings is 1. The quantitative estimate of drug-likeness (QED) is 0.635. The van der Waals surface area contributed by atoms with Gasteiger partial charge in [-0.3, -0.25) is 0 Å².